The minimum Gasteiger partial charge on any atom is -0.292 e. The number of hydrogen-bond acceptors (Lipinski definition) is 2. The Hall–Kier alpha value is -1.41. The second kappa shape index (κ2) is 6.57. The van der Waals surface area contributed by atoms with Crippen LogP contribution >= 0.6 is 39.1 Å². The average Bonchev–Trinajstić information content (AvgIpc) is 2.46. The van der Waals surface area contributed by atoms with Crippen molar-refractivity contribution in [1.29, 1.82) is 5.26 Å². The maximum Gasteiger partial charge on any atom is 0.185 e. The zero-order valence-corrected chi connectivity index (χ0v) is 13.5. The number of nitrogens with zero attached hydrogens (tertiary/aromatic N) is 1. The average molecular weight is 387 g/mol. The highest BCUT2D eigenvalue weighted by molar-refractivity contribution is 9.10. The molecule has 6 heteroatoms. The van der Waals surface area contributed by atoms with Crippen molar-refractivity contribution in [3.05, 3.63) is 67.9 Å². The Kier molecular flexibility index (Phi) is 5.00. The van der Waals surface area contributed by atoms with E-state index in [9.17, 15) is 14.4 Å². The second-order valence-electron chi connectivity index (χ2n) is 4.20. The molecule has 0 aliphatic carbocycles. The molecule has 2 nitrogen and oxygen atoms in total. The first-order valence-corrected chi connectivity index (χ1v) is 7.33. The fourth-order valence-corrected chi connectivity index (χ4v) is 2.59. The lowest BCUT2D eigenvalue weighted by molar-refractivity contribution is 0.0977. The van der Waals surface area contributed by atoms with Crippen LogP contribution in [0.15, 0.2) is 40.9 Å². The maximum atomic E-state index is 13.5. The van der Waals surface area contributed by atoms with E-state index in [-0.39, 0.29) is 15.1 Å². The van der Waals surface area contributed by atoms with Crippen LogP contribution in [0.2, 0.25) is 10.0 Å². The van der Waals surface area contributed by atoms with Gasteiger partial charge in [-0.05, 0) is 45.8 Å². The molecule has 1 atom stereocenters. The Balaban J connectivity index is 2.46. The Morgan fingerprint density at radius 2 is 1.95 bits per heavy atom. The number of carbonyl (C=O) groups excluding carboxylic acids is 1. The molecule has 106 valence electrons. The lowest BCUT2D eigenvalue weighted by Gasteiger charge is -2.11. The van der Waals surface area contributed by atoms with E-state index in [2.05, 4.69) is 15.9 Å². The van der Waals surface area contributed by atoms with E-state index in [1.165, 1.54) is 30.3 Å². The fourth-order valence-electron chi connectivity index (χ4n) is 1.83. The Labute approximate surface area is 139 Å². The monoisotopic (exact) mass is 385 g/mol. The summed E-state index contributed by atoms with van der Waals surface area (Å²) in [5.41, 5.74) is 0.515. The summed E-state index contributed by atoms with van der Waals surface area (Å²) in [5, 5.41) is 9.86. The molecule has 0 N–H and O–H groups in total. The normalized spacial score (nSPS) is 11.8. The molecule has 0 bridgehead atoms. The van der Waals surface area contributed by atoms with Crippen molar-refractivity contribution in [2.75, 3.05) is 0 Å². The van der Waals surface area contributed by atoms with E-state index in [0.29, 0.717) is 10.6 Å². The Bertz CT molecular complexity index is 758. The third-order valence-electron chi connectivity index (χ3n) is 2.89. The summed E-state index contributed by atoms with van der Waals surface area (Å²) in [6.45, 7) is 0. The van der Waals surface area contributed by atoms with E-state index in [1.807, 2.05) is 6.07 Å². The van der Waals surface area contributed by atoms with Gasteiger partial charge in [0.15, 0.2) is 5.78 Å². The molecule has 0 heterocycles. The summed E-state index contributed by atoms with van der Waals surface area (Å²) in [6, 6.07) is 10.5. The first-order valence-electron chi connectivity index (χ1n) is 5.78. The van der Waals surface area contributed by atoms with Crippen LogP contribution in [-0.4, -0.2) is 5.78 Å². The molecule has 2 rings (SSSR count). The van der Waals surface area contributed by atoms with E-state index in [1.54, 1.807) is 6.07 Å². The third kappa shape index (κ3) is 3.26. The van der Waals surface area contributed by atoms with Crippen molar-refractivity contribution < 1.29 is 9.18 Å². The zero-order chi connectivity index (χ0) is 15.6. The highest BCUT2D eigenvalue weighted by Gasteiger charge is 2.25. The van der Waals surface area contributed by atoms with E-state index >= 15 is 0 Å². The molecule has 1 unspecified atom stereocenters. The number of ketones is 1. The van der Waals surface area contributed by atoms with Gasteiger partial charge in [-0.25, -0.2) is 4.39 Å². The van der Waals surface area contributed by atoms with Crippen LogP contribution in [-0.2, 0) is 0 Å². The molecule has 0 aliphatic rings. The Morgan fingerprint density at radius 1 is 1.24 bits per heavy atom. The van der Waals surface area contributed by atoms with Gasteiger partial charge < -0.3 is 0 Å². The predicted molar refractivity (Wildman–Crippen MR) is 83.2 cm³/mol. The van der Waals surface area contributed by atoms with Crippen molar-refractivity contribution >= 4 is 44.9 Å². The van der Waals surface area contributed by atoms with E-state index in [0.717, 1.165) is 0 Å². The minimum atomic E-state index is -1.09. The summed E-state index contributed by atoms with van der Waals surface area (Å²) < 4.78 is 13.5. The number of Topliss-reactive ketones (excluding diaryl/α,β-unsaturated/α-hetero) is 1. The van der Waals surface area contributed by atoms with Crippen LogP contribution in [0.1, 0.15) is 21.8 Å². The molecule has 2 aromatic rings. The van der Waals surface area contributed by atoms with Gasteiger partial charge in [-0.3, -0.25) is 4.79 Å². The number of hydrogen-bond donors (Lipinski definition) is 0. The van der Waals surface area contributed by atoms with Crippen molar-refractivity contribution in [3.8, 4) is 6.07 Å². The molecule has 0 saturated carbocycles. The van der Waals surface area contributed by atoms with Crippen molar-refractivity contribution in [1.82, 2.24) is 0 Å². The fraction of sp³-hybridized carbons (Fsp3) is 0.0667. The third-order valence-corrected chi connectivity index (χ3v) is 4.43. The standard InChI is InChI=1S/C15H7BrCl2FNO/c16-14-9(2-1-3-13(14)19)15(21)10(7-20)8-4-5-11(17)12(18)6-8/h1-6,10H. The molecule has 21 heavy (non-hydrogen) atoms. The largest absolute Gasteiger partial charge is 0.292 e. The second-order valence-corrected chi connectivity index (χ2v) is 5.81. The van der Waals surface area contributed by atoms with Gasteiger partial charge in [-0.15, -0.1) is 0 Å². The first kappa shape index (κ1) is 16.0. The molecule has 0 aromatic heterocycles. The molecule has 0 aliphatic heterocycles. The molecule has 0 radical (unpaired) electrons. The quantitative estimate of drug-likeness (QED) is 0.664. The van der Waals surface area contributed by atoms with Crippen LogP contribution in [0.3, 0.4) is 0 Å². The van der Waals surface area contributed by atoms with Crippen molar-refractivity contribution in [2.24, 2.45) is 0 Å². The molecule has 0 fully saturated rings. The summed E-state index contributed by atoms with van der Waals surface area (Å²) in [5.74, 6) is -2.16. The number of rotatable bonds is 3. The summed E-state index contributed by atoms with van der Waals surface area (Å²) in [7, 11) is 0. The zero-order valence-electron chi connectivity index (χ0n) is 10.4. The van der Waals surface area contributed by atoms with Gasteiger partial charge in [0, 0.05) is 5.56 Å². The van der Waals surface area contributed by atoms with Crippen LogP contribution < -0.4 is 0 Å². The molecule has 0 amide bonds. The predicted octanol–water partition coefficient (Wildman–Crippen LogP) is 5.39. The van der Waals surface area contributed by atoms with Crippen LogP contribution in [0.5, 0.6) is 0 Å². The lowest BCUT2D eigenvalue weighted by atomic mass is 9.92. The number of carbonyl (C=O) groups is 1. The SMILES string of the molecule is N#CC(C(=O)c1cccc(F)c1Br)c1ccc(Cl)c(Cl)c1. The molecule has 0 spiro atoms. The summed E-state index contributed by atoms with van der Waals surface area (Å²) >= 11 is 14.7. The number of benzene rings is 2. The van der Waals surface area contributed by atoms with Gasteiger partial charge >= 0.3 is 0 Å². The highest BCUT2D eigenvalue weighted by atomic mass is 79.9. The minimum absolute atomic E-state index is 0.0373. The topological polar surface area (TPSA) is 40.9 Å². The van der Waals surface area contributed by atoms with Gasteiger partial charge in [0.1, 0.15) is 11.7 Å². The van der Waals surface area contributed by atoms with E-state index < -0.39 is 17.5 Å². The summed E-state index contributed by atoms with van der Waals surface area (Å²) in [6.07, 6.45) is 0. The van der Waals surface area contributed by atoms with Gasteiger partial charge in [0.2, 0.25) is 0 Å². The van der Waals surface area contributed by atoms with Gasteiger partial charge in [0.05, 0.1) is 20.6 Å². The highest BCUT2D eigenvalue weighted by Crippen LogP contribution is 2.30. The van der Waals surface area contributed by atoms with E-state index in [4.69, 9.17) is 23.2 Å². The molecule has 2 aromatic carbocycles. The van der Waals surface area contributed by atoms with Gasteiger partial charge in [-0.2, -0.15) is 5.26 Å². The van der Waals surface area contributed by atoms with Crippen LogP contribution in [0.4, 0.5) is 4.39 Å². The van der Waals surface area contributed by atoms with Crippen molar-refractivity contribution in [2.45, 2.75) is 5.92 Å². The number of nitriles is 1. The molecular weight excluding hydrogens is 380 g/mol. The van der Waals surface area contributed by atoms with Crippen LogP contribution in [0, 0.1) is 17.1 Å². The number of halogens is 4. The maximum absolute atomic E-state index is 13.5. The summed E-state index contributed by atoms with van der Waals surface area (Å²) in [4.78, 5) is 12.5. The molecule has 0 saturated heterocycles. The van der Waals surface area contributed by atoms with Crippen molar-refractivity contribution in [3.63, 3.8) is 0 Å². The molecular formula is C15H7BrCl2FNO. The smallest absolute Gasteiger partial charge is 0.185 e. The van der Waals surface area contributed by atoms with Crippen LogP contribution in [0.25, 0.3) is 0 Å². The van der Waals surface area contributed by atoms with Gasteiger partial charge in [-0.1, -0.05) is 35.3 Å². The van der Waals surface area contributed by atoms with Gasteiger partial charge in [0.25, 0.3) is 0 Å². The first-order chi connectivity index (χ1) is 9.95. The lowest BCUT2D eigenvalue weighted by Crippen LogP contribution is -2.12. The Morgan fingerprint density at radius 3 is 2.57 bits per heavy atom.